The monoisotopic (exact) mass is 284 g/mol. The maximum absolute atomic E-state index is 12.0. The number of fused-ring (bicyclic) bond motifs is 1. The van der Waals surface area contributed by atoms with E-state index < -0.39 is 0 Å². The van der Waals surface area contributed by atoms with Crippen LogP contribution in [0.2, 0.25) is 0 Å². The molecule has 0 unspecified atom stereocenters. The molecule has 0 saturated heterocycles. The van der Waals surface area contributed by atoms with Crippen molar-refractivity contribution in [1.82, 2.24) is 9.88 Å². The summed E-state index contributed by atoms with van der Waals surface area (Å²) in [6, 6.07) is 12.0. The molecule has 0 atom stereocenters. The normalized spacial score (nSPS) is 10.9. The zero-order valence-corrected chi connectivity index (χ0v) is 12.3. The van der Waals surface area contributed by atoms with Crippen molar-refractivity contribution in [2.75, 3.05) is 0 Å². The van der Waals surface area contributed by atoms with E-state index in [0.29, 0.717) is 6.54 Å². The van der Waals surface area contributed by atoms with Gasteiger partial charge >= 0.3 is 0 Å². The Morgan fingerprint density at radius 1 is 1.25 bits per heavy atom. The molecule has 102 valence electrons. The summed E-state index contributed by atoms with van der Waals surface area (Å²) >= 11 is 1.46. The average molecular weight is 284 g/mol. The van der Waals surface area contributed by atoms with Crippen LogP contribution in [-0.4, -0.2) is 10.5 Å². The number of nitrogens with zero attached hydrogens (tertiary/aromatic N) is 1. The second-order valence-electron chi connectivity index (χ2n) is 4.80. The first-order valence-electron chi connectivity index (χ1n) is 6.53. The molecule has 0 fully saturated rings. The largest absolute Gasteiger partial charge is 0.348 e. The van der Waals surface area contributed by atoms with Gasteiger partial charge in [0.25, 0.3) is 5.91 Å². The van der Waals surface area contributed by atoms with Gasteiger partial charge in [-0.05, 0) is 30.0 Å². The van der Waals surface area contributed by atoms with Gasteiger partial charge in [-0.15, -0.1) is 11.3 Å². The summed E-state index contributed by atoms with van der Waals surface area (Å²) in [5, 5.41) is 6.13. The zero-order valence-electron chi connectivity index (χ0n) is 11.5. The lowest BCUT2D eigenvalue weighted by Gasteiger charge is -2.05. The van der Waals surface area contributed by atoms with Crippen LogP contribution < -0.4 is 5.32 Å². The first-order chi connectivity index (χ1) is 9.68. The van der Waals surface area contributed by atoms with Gasteiger partial charge in [0, 0.05) is 30.2 Å². The van der Waals surface area contributed by atoms with Crippen molar-refractivity contribution in [2.45, 2.75) is 13.5 Å². The molecule has 1 aromatic carbocycles. The van der Waals surface area contributed by atoms with E-state index in [-0.39, 0.29) is 5.91 Å². The average Bonchev–Trinajstić information content (AvgIpc) is 3.07. The minimum absolute atomic E-state index is 0.00710. The van der Waals surface area contributed by atoms with Crippen molar-refractivity contribution < 1.29 is 4.79 Å². The van der Waals surface area contributed by atoms with Gasteiger partial charge in [-0.1, -0.05) is 24.3 Å². The molecule has 2 aromatic heterocycles. The Morgan fingerprint density at radius 3 is 2.80 bits per heavy atom. The summed E-state index contributed by atoms with van der Waals surface area (Å²) in [7, 11) is 2.06. The maximum atomic E-state index is 12.0. The smallest absolute Gasteiger partial charge is 0.261 e. The number of hydrogen-bond donors (Lipinski definition) is 1. The molecule has 3 rings (SSSR count). The number of carbonyl (C=O) groups excluding carboxylic acids is 1. The minimum atomic E-state index is -0.00710. The molecule has 0 aliphatic rings. The van der Waals surface area contributed by atoms with Crippen LogP contribution in [0.15, 0.2) is 41.8 Å². The van der Waals surface area contributed by atoms with Crippen molar-refractivity contribution >= 4 is 28.1 Å². The molecular formula is C16H16N2OS. The number of carbonyl (C=O) groups is 1. The molecule has 4 heteroatoms. The maximum Gasteiger partial charge on any atom is 0.261 e. The Balaban J connectivity index is 1.88. The lowest BCUT2D eigenvalue weighted by Crippen LogP contribution is -2.22. The fraction of sp³-hybridized carbons (Fsp3) is 0.188. The molecule has 1 N–H and O–H groups in total. The zero-order chi connectivity index (χ0) is 14.1. The second-order valence-corrected chi connectivity index (χ2v) is 5.75. The van der Waals surface area contributed by atoms with Crippen molar-refractivity contribution in [3.63, 3.8) is 0 Å². The number of nitrogens with one attached hydrogen (secondary N) is 1. The van der Waals surface area contributed by atoms with Gasteiger partial charge in [0.1, 0.15) is 0 Å². The number of rotatable bonds is 3. The number of aromatic nitrogens is 1. The van der Waals surface area contributed by atoms with Crippen LogP contribution in [0.4, 0.5) is 0 Å². The Morgan fingerprint density at radius 2 is 2.05 bits per heavy atom. The molecule has 20 heavy (non-hydrogen) atoms. The first kappa shape index (κ1) is 12.9. The minimum Gasteiger partial charge on any atom is -0.348 e. The van der Waals surface area contributed by atoms with E-state index in [4.69, 9.17) is 0 Å². The third kappa shape index (κ3) is 2.12. The molecule has 0 aliphatic heterocycles. The SMILES string of the molecule is Cc1c(CNC(=O)c2cccs2)c2ccccc2n1C. The Kier molecular flexibility index (Phi) is 3.32. The van der Waals surface area contributed by atoms with Crippen LogP contribution in [0.3, 0.4) is 0 Å². The van der Waals surface area contributed by atoms with Crippen LogP contribution >= 0.6 is 11.3 Å². The third-order valence-corrected chi connectivity index (χ3v) is 4.57. The number of benzene rings is 1. The van der Waals surface area contributed by atoms with Gasteiger partial charge in [-0.25, -0.2) is 0 Å². The highest BCUT2D eigenvalue weighted by Gasteiger charge is 2.13. The van der Waals surface area contributed by atoms with E-state index >= 15 is 0 Å². The molecule has 3 aromatic rings. The highest BCUT2D eigenvalue weighted by atomic mass is 32.1. The molecule has 0 saturated carbocycles. The van der Waals surface area contributed by atoms with E-state index in [0.717, 1.165) is 4.88 Å². The summed E-state index contributed by atoms with van der Waals surface area (Å²) in [5.74, 6) is -0.00710. The van der Waals surface area contributed by atoms with E-state index in [1.165, 1.54) is 33.5 Å². The van der Waals surface area contributed by atoms with Gasteiger partial charge in [-0.3, -0.25) is 4.79 Å². The summed E-state index contributed by atoms with van der Waals surface area (Å²) in [6.07, 6.45) is 0. The number of para-hydroxylation sites is 1. The number of hydrogen-bond acceptors (Lipinski definition) is 2. The van der Waals surface area contributed by atoms with Crippen molar-refractivity contribution in [1.29, 1.82) is 0 Å². The van der Waals surface area contributed by atoms with E-state index in [9.17, 15) is 4.79 Å². The fourth-order valence-electron chi connectivity index (χ4n) is 2.49. The van der Waals surface area contributed by atoms with Gasteiger partial charge in [0.05, 0.1) is 4.88 Å². The van der Waals surface area contributed by atoms with Crippen molar-refractivity contribution in [2.24, 2.45) is 7.05 Å². The lowest BCUT2D eigenvalue weighted by molar-refractivity contribution is 0.0955. The van der Waals surface area contributed by atoms with Crippen LogP contribution in [0, 0.1) is 6.92 Å². The highest BCUT2D eigenvalue weighted by Crippen LogP contribution is 2.24. The van der Waals surface area contributed by atoms with Crippen LogP contribution in [0.25, 0.3) is 10.9 Å². The number of aryl methyl sites for hydroxylation is 1. The second kappa shape index (κ2) is 5.13. The molecule has 0 bridgehead atoms. The molecule has 2 heterocycles. The van der Waals surface area contributed by atoms with Crippen LogP contribution in [-0.2, 0) is 13.6 Å². The summed E-state index contributed by atoms with van der Waals surface area (Å²) in [6.45, 7) is 2.65. The topological polar surface area (TPSA) is 34.0 Å². The van der Waals surface area contributed by atoms with E-state index in [2.05, 4.69) is 36.0 Å². The summed E-state index contributed by atoms with van der Waals surface area (Å²) in [4.78, 5) is 12.8. The van der Waals surface area contributed by atoms with E-state index in [1.807, 2.05) is 29.6 Å². The van der Waals surface area contributed by atoms with Crippen LogP contribution in [0.5, 0.6) is 0 Å². The quantitative estimate of drug-likeness (QED) is 0.785. The van der Waals surface area contributed by atoms with Crippen molar-refractivity contribution in [3.05, 3.63) is 57.9 Å². The number of amides is 1. The van der Waals surface area contributed by atoms with E-state index in [1.54, 1.807) is 0 Å². The van der Waals surface area contributed by atoms with Gasteiger partial charge in [-0.2, -0.15) is 0 Å². The molecule has 3 nitrogen and oxygen atoms in total. The first-order valence-corrected chi connectivity index (χ1v) is 7.41. The number of thiophene rings is 1. The standard InChI is InChI=1S/C16H16N2OS/c1-11-13(10-17-16(19)15-8-5-9-20-15)12-6-3-4-7-14(12)18(11)2/h3-9H,10H2,1-2H3,(H,17,19). The van der Waals surface area contributed by atoms with Gasteiger partial charge in [0.15, 0.2) is 0 Å². The molecule has 0 aliphatic carbocycles. The Bertz CT molecular complexity index is 756. The molecule has 0 radical (unpaired) electrons. The lowest BCUT2D eigenvalue weighted by atomic mass is 10.1. The fourth-order valence-corrected chi connectivity index (χ4v) is 3.13. The highest BCUT2D eigenvalue weighted by molar-refractivity contribution is 7.12. The van der Waals surface area contributed by atoms with Crippen molar-refractivity contribution in [3.8, 4) is 0 Å². The predicted molar refractivity (Wildman–Crippen MR) is 83.1 cm³/mol. The molecule has 1 amide bonds. The summed E-state index contributed by atoms with van der Waals surface area (Å²) < 4.78 is 2.17. The molecular weight excluding hydrogens is 268 g/mol. The van der Waals surface area contributed by atoms with Crippen LogP contribution in [0.1, 0.15) is 20.9 Å². The van der Waals surface area contributed by atoms with Gasteiger partial charge < -0.3 is 9.88 Å². The van der Waals surface area contributed by atoms with Gasteiger partial charge in [0.2, 0.25) is 0 Å². The Labute approximate surface area is 121 Å². The Hall–Kier alpha value is -2.07. The molecule has 0 spiro atoms. The third-order valence-electron chi connectivity index (χ3n) is 3.70. The summed E-state index contributed by atoms with van der Waals surface area (Å²) in [5.41, 5.74) is 3.58. The predicted octanol–water partition coefficient (Wildman–Crippen LogP) is 3.48.